The van der Waals surface area contributed by atoms with Crippen LogP contribution in [0.1, 0.15) is 56.1 Å². The van der Waals surface area contributed by atoms with E-state index in [9.17, 15) is 0 Å². The monoisotopic (exact) mass is 287 g/mol. The van der Waals surface area contributed by atoms with E-state index in [1.807, 2.05) is 0 Å². The number of hydrogen-bond donors (Lipinski definition) is 1. The predicted octanol–water partition coefficient (Wildman–Crippen LogP) is 4.01. The predicted molar refractivity (Wildman–Crippen MR) is 87.7 cm³/mol. The minimum absolute atomic E-state index is 0.219. The number of rotatable bonds is 4. The van der Waals surface area contributed by atoms with Crippen molar-refractivity contribution in [1.29, 1.82) is 0 Å². The van der Waals surface area contributed by atoms with Crippen LogP contribution in [-0.4, -0.2) is 24.8 Å². The molecular weight excluding hydrogens is 258 g/mol. The van der Waals surface area contributed by atoms with Gasteiger partial charge in [0.15, 0.2) is 0 Å². The van der Waals surface area contributed by atoms with Crippen molar-refractivity contribution in [3.63, 3.8) is 0 Å². The van der Waals surface area contributed by atoms with Gasteiger partial charge in [-0.2, -0.15) is 0 Å². The Labute approximate surface area is 129 Å². The molecule has 2 nitrogen and oxygen atoms in total. The molecule has 0 aromatic heterocycles. The zero-order chi connectivity index (χ0) is 14.5. The van der Waals surface area contributed by atoms with Crippen molar-refractivity contribution in [1.82, 2.24) is 5.32 Å². The van der Waals surface area contributed by atoms with Gasteiger partial charge in [-0.15, -0.1) is 0 Å². The SMILES string of the molecule is Cc1ccccc1CCNC1CCOC2(CCCCC2)C1. The summed E-state index contributed by atoms with van der Waals surface area (Å²) in [6.07, 6.45) is 10.2. The van der Waals surface area contributed by atoms with Gasteiger partial charge < -0.3 is 10.1 Å². The normalized spacial score (nSPS) is 25.1. The molecule has 1 saturated heterocycles. The summed E-state index contributed by atoms with van der Waals surface area (Å²) >= 11 is 0. The largest absolute Gasteiger partial charge is 0.375 e. The topological polar surface area (TPSA) is 21.3 Å². The van der Waals surface area contributed by atoms with E-state index in [0.717, 1.165) is 19.6 Å². The number of nitrogens with one attached hydrogen (secondary N) is 1. The van der Waals surface area contributed by atoms with Crippen LogP contribution in [0.25, 0.3) is 0 Å². The lowest BCUT2D eigenvalue weighted by Gasteiger charge is -2.43. The maximum atomic E-state index is 6.18. The zero-order valence-electron chi connectivity index (χ0n) is 13.4. The van der Waals surface area contributed by atoms with Gasteiger partial charge in [-0.3, -0.25) is 0 Å². The van der Waals surface area contributed by atoms with Gasteiger partial charge in [0.1, 0.15) is 0 Å². The second kappa shape index (κ2) is 6.93. The fraction of sp³-hybridized carbons (Fsp3) is 0.684. The Morgan fingerprint density at radius 2 is 2.00 bits per heavy atom. The van der Waals surface area contributed by atoms with Crippen molar-refractivity contribution in [2.24, 2.45) is 0 Å². The zero-order valence-corrected chi connectivity index (χ0v) is 13.4. The highest BCUT2D eigenvalue weighted by Gasteiger charge is 2.38. The van der Waals surface area contributed by atoms with Crippen LogP contribution in [0.15, 0.2) is 24.3 Å². The highest BCUT2D eigenvalue weighted by molar-refractivity contribution is 5.25. The van der Waals surface area contributed by atoms with E-state index in [2.05, 4.69) is 36.5 Å². The summed E-state index contributed by atoms with van der Waals surface area (Å²) < 4.78 is 6.18. The van der Waals surface area contributed by atoms with Gasteiger partial charge in [0.2, 0.25) is 0 Å². The maximum absolute atomic E-state index is 6.18. The quantitative estimate of drug-likeness (QED) is 0.903. The lowest BCUT2D eigenvalue weighted by Crippen LogP contribution is -2.48. The number of hydrogen-bond acceptors (Lipinski definition) is 2. The minimum atomic E-state index is 0.219. The molecule has 1 aliphatic carbocycles. The molecule has 1 atom stereocenters. The molecule has 1 aromatic carbocycles. The first-order valence-corrected chi connectivity index (χ1v) is 8.69. The summed E-state index contributed by atoms with van der Waals surface area (Å²) in [5.74, 6) is 0. The summed E-state index contributed by atoms with van der Waals surface area (Å²) in [5, 5.41) is 3.79. The number of ether oxygens (including phenoxy) is 1. The molecule has 0 amide bonds. The fourth-order valence-electron chi connectivity index (χ4n) is 4.05. The van der Waals surface area contributed by atoms with Gasteiger partial charge in [0, 0.05) is 12.6 Å². The van der Waals surface area contributed by atoms with Crippen LogP contribution in [0.2, 0.25) is 0 Å². The Morgan fingerprint density at radius 3 is 2.81 bits per heavy atom. The van der Waals surface area contributed by atoms with Gasteiger partial charge in [-0.1, -0.05) is 43.5 Å². The third-order valence-electron chi connectivity index (χ3n) is 5.35. The summed E-state index contributed by atoms with van der Waals surface area (Å²) in [4.78, 5) is 0. The number of benzene rings is 1. The molecule has 0 radical (unpaired) electrons. The Hall–Kier alpha value is -0.860. The van der Waals surface area contributed by atoms with E-state index in [1.54, 1.807) is 0 Å². The summed E-state index contributed by atoms with van der Waals surface area (Å²) in [6.45, 7) is 4.24. The van der Waals surface area contributed by atoms with Crippen molar-refractivity contribution in [3.8, 4) is 0 Å². The Balaban J connectivity index is 1.48. The van der Waals surface area contributed by atoms with E-state index in [4.69, 9.17) is 4.74 Å². The minimum Gasteiger partial charge on any atom is -0.375 e. The van der Waals surface area contributed by atoms with Crippen molar-refractivity contribution < 1.29 is 4.74 Å². The first-order chi connectivity index (χ1) is 10.3. The lowest BCUT2D eigenvalue weighted by molar-refractivity contribution is -0.109. The van der Waals surface area contributed by atoms with Crippen molar-refractivity contribution in [2.45, 2.75) is 69.9 Å². The highest BCUT2D eigenvalue weighted by atomic mass is 16.5. The molecule has 21 heavy (non-hydrogen) atoms. The Bertz CT molecular complexity index is 445. The van der Waals surface area contributed by atoms with Gasteiger partial charge in [0.25, 0.3) is 0 Å². The van der Waals surface area contributed by atoms with E-state index in [1.165, 1.54) is 56.1 Å². The smallest absolute Gasteiger partial charge is 0.0697 e. The number of aryl methyl sites for hydroxylation is 1. The highest BCUT2D eigenvalue weighted by Crippen LogP contribution is 2.38. The molecule has 0 bridgehead atoms. The molecule has 1 N–H and O–H groups in total. The molecule has 1 spiro atoms. The second-order valence-corrected chi connectivity index (χ2v) is 6.91. The van der Waals surface area contributed by atoms with Crippen LogP contribution in [-0.2, 0) is 11.2 Å². The first kappa shape index (κ1) is 15.1. The average Bonchev–Trinajstić information content (AvgIpc) is 2.50. The van der Waals surface area contributed by atoms with E-state index >= 15 is 0 Å². The standard InChI is InChI=1S/C19H29NO/c1-16-7-3-4-8-17(16)9-13-20-18-10-14-21-19(15-18)11-5-2-6-12-19/h3-4,7-8,18,20H,2,5-6,9-15H2,1H3. The van der Waals surface area contributed by atoms with E-state index in [-0.39, 0.29) is 5.60 Å². The summed E-state index contributed by atoms with van der Waals surface area (Å²) in [7, 11) is 0. The molecule has 1 heterocycles. The second-order valence-electron chi connectivity index (χ2n) is 6.91. The average molecular weight is 287 g/mol. The van der Waals surface area contributed by atoms with Crippen molar-refractivity contribution in [3.05, 3.63) is 35.4 Å². The molecule has 1 saturated carbocycles. The Morgan fingerprint density at radius 1 is 1.19 bits per heavy atom. The molecule has 2 heteroatoms. The fourth-order valence-corrected chi connectivity index (χ4v) is 4.05. The molecule has 116 valence electrons. The third kappa shape index (κ3) is 3.87. The summed E-state index contributed by atoms with van der Waals surface area (Å²) in [6, 6.07) is 9.39. The third-order valence-corrected chi connectivity index (χ3v) is 5.35. The molecule has 3 rings (SSSR count). The molecule has 1 aliphatic heterocycles. The van der Waals surface area contributed by atoms with Crippen LogP contribution in [0.5, 0.6) is 0 Å². The maximum Gasteiger partial charge on any atom is 0.0697 e. The van der Waals surface area contributed by atoms with Gasteiger partial charge in [-0.25, -0.2) is 0 Å². The Kier molecular flexibility index (Phi) is 4.97. The van der Waals surface area contributed by atoms with E-state index < -0.39 is 0 Å². The molecule has 2 fully saturated rings. The van der Waals surface area contributed by atoms with Crippen molar-refractivity contribution >= 4 is 0 Å². The summed E-state index contributed by atoms with van der Waals surface area (Å²) in [5.41, 5.74) is 3.11. The van der Waals surface area contributed by atoms with Gasteiger partial charge in [0.05, 0.1) is 5.60 Å². The van der Waals surface area contributed by atoms with Crippen LogP contribution in [0.3, 0.4) is 0 Å². The van der Waals surface area contributed by atoms with Crippen LogP contribution in [0, 0.1) is 6.92 Å². The van der Waals surface area contributed by atoms with Crippen LogP contribution in [0.4, 0.5) is 0 Å². The van der Waals surface area contributed by atoms with Gasteiger partial charge in [-0.05, 0) is 56.7 Å². The first-order valence-electron chi connectivity index (χ1n) is 8.69. The molecule has 2 aliphatic rings. The van der Waals surface area contributed by atoms with Gasteiger partial charge >= 0.3 is 0 Å². The molecular formula is C19H29NO. The molecule has 1 unspecified atom stereocenters. The lowest BCUT2D eigenvalue weighted by atomic mass is 9.78. The van der Waals surface area contributed by atoms with Crippen molar-refractivity contribution in [2.75, 3.05) is 13.2 Å². The molecule has 1 aromatic rings. The van der Waals surface area contributed by atoms with E-state index in [0.29, 0.717) is 6.04 Å². The van der Waals surface area contributed by atoms with Crippen LogP contribution >= 0.6 is 0 Å². The van der Waals surface area contributed by atoms with Crippen LogP contribution < -0.4 is 5.32 Å².